The lowest BCUT2D eigenvalue weighted by Crippen LogP contribution is -2.18. The van der Waals surface area contributed by atoms with Crippen molar-refractivity contribution in [1.82, 2.24) is 0 Å². The Labute approximate surface area is 207 Å². The highest BCUT2D eigenvalue weighted by Gasteiger charge is 2.31. The molecule has 0 fully saturated rings. The molecule has 8 nitrogen and oxygen atoms in total. The number of benzene rings is 3. The summed E-state index contributed by atoms with van der Waals surface area (Å²) in [5.41, 5.74) is -0.543. The minimum Gasteiger partial charge on any atom is -0.478 e. The van der Waals surface area contributed by atoms with Crippen molar-refractivity contribution in [2.24, 2.45) is 0 Å². The van der Waals surface area contributed by atoms with Crippen molar-refractivity contribution < 1.29 is 39.6 Å². The van der Waals surface area contributed by atoms with Gasteiger partial charge in [0.1, 0.15) is 0 Å². The van der Waals surface area contributed by atoms with Gasteiger partial charge in [-0.1, -0.05) is 59.7 Å². The van der Waals surface area contributed by atoms with Crippen LogP contribution >= 0.6 is 0 Å². The number of carboxylic acids is 4. The Morgan fingerprint density at radius 3 is 1.47 bits per heavy atom. The van der Waals surface area contributed by atoms with Crippen LogP contribution in [-0.2, 0) is 10.8 Å². The summed E-state index contributed by atoms with van der Waals surface area (Å²) in [6.07, 6.45) is 0. The molecular formula is C28H28O8. The molecule has 3 aromatic carbocycles. The normalized spacial score (nSPS) is 11.9. The Bertz CT molecular complexity index is 1450. The largest absolute Gasteiger partial charge is 0.478 e. The van der Waals surface area contributed by atoms with E-state index >= 15 is 0 Å². The van der Waals surface area contributed by atoms with E-state index in [4.69, 9.17) is 0 Å². The lowest BCUT2D eigenvalue weighted by atomic mass is 9.76. The third kappa shape index (κ3) is 4.54. The van der Waals surface area contributed by atoms with Gasteiger partial charge in [0.15, 0.2) is 0 Å². The van der Waals surface area contributed by atoms with Gasteiger partial charge in [0.25, 0.3) is 0 Å². The number of hydrogen-bond donors (Lipinski definition) is 4. The third-order valence-electron chi connectivity index (χ3n) is 6.17. The van der Waals surface area contributed by atoms with Crippen LogP contribution in [0.25, 0.3) is 21.9 Å². The second-order valence-electron chi connectivity index (χ2n) is 10.7. The van der Waals surface area contributed by atoms with Crippen molar-refractivity contribution in [3.05, 3.63) is 69.8 Å². The van der Waals surface area contributed by atoms with Crippen LogP contribution < -0.4 is 0 Å². The maximum absolute atomic E-state index is 12.6. The zero-order chi connectivity index (χ0) is 27.3. The van der Waals surface area contributed by atoms with Crippen molar-refractivity contribution in [1.29, 1.82) is 0 Å². The molecule has 0 spiro atoms. The molecule has 36 heavy (non-hydrogen) atoms. The first-order valence-corrected chi connectivity index (χ1v) is 11.2. The average Bonchev–Trinajstić information content (AvgIpc) is 2.74. The van der Waals surface area contributed by atoms with Crippen molar-refractivity contribution in [3.63, 3.8) is 0 Å². The van der Waals surface area contributed by atoms with E-state index in [2.05, 4.69) is 0 Å². The van der Waals surface area contributed by atoms with Gasteiger partial charge in [0.05, 0.1) is 22.3 Å². The van der Waals surface area contributed by atoms with Crippen molar-refractivity contribution in [3.8, 4) is 11.1 Å². The van der Waals surface area contributed by atoms with Gasteiger partial charge < -0.3 is 20.4 Å². The minimum absolute atomic E-state index is 0.00261. The summed E-state index contributed by atoms with van der Waals surface area (Å²) in [7, 11) is 0. The van der Waals surface area contributed by atoms with Gasteiger partial charge in [-0.3, -0.25) is 0 Å². The Morgan fingerprint density at radius 2 is 1.06 bits per heavy atom. The van der Waals surface area contributed by atoms with Gasteiger partial charge in [-0.2, -0.15) is 0 Å². The first-order valence-electron chi connectivity index (χ1n) is 11.2. The highest BCUT2D eigenvalue weighted by Crippen LogP contribution is 2.42. The molecule has 0 aliphatic carbocycles. The molecular weight excluding hydrogens is 464 g/mol. The molecule has 0 atom stereocenters. The fraction of sp³-hybridized carbons (Fsp3) is 0.286. The molecule has 188 valence electrons. The first-order chi connectivity index (χ1) is 16.5. The van der Waals surface area contributed by atoms with Crippen LogP contribution in [-0.4, -0.2) is 44.3 Å². The van der Waals surface area contributed by atoms with Gasteiger partial charge in [0, 0.05) is 10.8 Å². The number of carboxylic acid groups (broad SMARTS) is 4. The maximum atomic E-state index is 12.6. The Hall–Kier alpha value is -4.20. The lowest BCUT2D eigenvalue weighted by molar-refractivity contribution is 0.0675. The number of aromatic carboxylic acids is 4. The van der Waals surface area contributed by atoms with E-state index in [1.54, 1.807) is 6.07 Å². The van der Waals surface area contributed by atoms with Gasteiger partial charge in [-0.25, -0.2) is 19.2 Å². The number of hydrogen-bond acceptors (Lipinski definition) is 4. The van der Waals surface area contributed by atoms with E-state index in [0.717, 1.165) is 29.3 Å². The second-order valence-corrected chi connectivity index (χ2v) is 10.7. The molecule has 0 aliphatic heterocycles. The molecule has 0 aliphatic rings. The molecule has 8 heteroatoms. The van der Waals surface area contributed by atoms with E-state index < -0.39 is 62.3 Å². The molecule has 0 unspecified atom stereocenters. The van der Waals surface area contributed by atoms with Crippen LogP contribution in [0.2, 0.25) is 0 Å². The highest BCUT2D eigenvalue weighted by molar-refractivity contribution is 6.24. The molecule has 0 radical (unpaired) electrons. The summed E-state index contributed by atoms with van der Waals surface area (Å²) in [5.74, 6) is -6.02. The summed E-state index contributed by atoms with van der Waals surface area (Å²) in [6, 6.07) is 8.58. The fourth-order valence-electron chi connectivity index (χ4n) is 4.39. The summed E-state index contributed by atoms with van der Waals surface area (Å²) >= 11 is 0. The summed E-state index contributed by atoms with van der Waals surface area (Å²) in [5, 5.41) is 38.9. The molecule has 3 rings (SSSR count). The predicted octanol–water partition coefficient (Wildman–Crippen LogP) is 5.89. The Kier molecular flexibility index (Phi) is 6.44. The van der Waals surface area contributed by atoms with Gasteiger partial charge in [0.2, 0.25) is 0 Å². The molecule has 0 saturated heterocycles. The second kappa shape index (κ2) is 8.78. The van der Waals surface area contributed by atoms with Crippen molar-refractivity contribution >= 4 is 34.6 Å². The molecule has 4 N–H and O–H groups in total. The summed E-state index contributed by atoms with van der Waals surface area (Å²) in [6.45, 7) is 11.9. The third-order valence-corrected chi connectivity index (χ3v) is 6.17. The van der Waals surface area contributed by atoms with Crippen LogP contribution in [0.4, 0.5) is 0 Å². The lowest BCUT2D eigenvalue weighted by Gasteiger charge is -2.28. The van der Waals surface area contributed by atoms with Crippen LogP contribution in [0.15, 0.2) is 36.4 Å². The van der Waals surface area contributed by atoms with Gasteiger partial charge in [-0.05, 0) is 51.3 Å². The molecule has 0 aromatic heterocycles. The number of carbonyl (C=O) groups is 4. The van der Waals surface area contributed by atoms with Crippen molar-refractivity contribution in [2.45, 2.75) is 52.4 Å². The first kappa shape index (κ1) is 26.4. The molecule has 0 amide bonds. The van der Waals surface area contributed by atoms with E-state index in [1.807, 2.05) is 53.7 Å². The van der Waals surface area contributed by atoms with Gasteiger partial charge in [-0.15, -0.1) is 0 Å². The summed E-state index contributed by atoms with van der Waals surface area (Å²) < 4.78 is 0. The molecule has 0 heterocycles. The zero-order valence-corrected chi connectivity index (χ0v) is 20.9. The SMILES string of the molecule is CC(C)(C)c1ccc(-c2cc(C(=O)O)c3c(C(=O)O)ccc(C(=O)O)c3c2C(=O)O)c(C(C)(C)C)c1. The Morgan fingerprint density at radius 1 is 0.556 bits per heavy atom. The highest BCUT2D eigenvalue weighted by atomic mass is 16.4. The smallest absolute Gasteiger partial charge is 0.336 e. The van der Waals surface area contributed by atoms with E-state index in [9.17, 15) is 39.6 Å². The van der Waals surface area contributed by atoms with E-state index in [0.29, 0.717) is 5.56 Å². The standard InChI is InChI=1S/C28H28O8/c1-27(2,3)13-7-8-14(19(11-13)28(4,5)6)17-12-18(25(33)34)20-15(23(29)30)9-10-16(24(31)32)21(20)22(17)26(35)36/h7-12H,1-6H3,(H,29,30)(H,31,32)(H,33,34)(H,35,36). The van der Waals surface area contributed by atoms with Crippen LogP contribution in [0.3, 0.4) is 0 Å². The monoisotopic (exact) mass is 492 g/mol. The molecule has 3 aromatic rings. The Balaban J connectivity index is 2.69. The predicted molar refractivity (Wildman–Crippen MR) is 135 cm³/mol. The summed E-state index contributed by atoms with van der Waals surface area (Å²) in [4.78, 5) is 49.0. The average molecular weight is 493 g/mol. The van der Waals surface area contributed by atoms with Crippen LogP contribution in [0.1, 0.15) is 94.1 Å². The molecule has 0 bridgehead atoms. The fourth-order valence-corrected chi connectivity index (χ4v) is 4.39. The van der Waals surface area contributed by atoms with Crippen LogP contribution in [0, 0.1) is 0 Å². The number of fused-ring (bicyclic) bond motifs is 1. The minimum atomic E-state index is -1.51. The number of rotatable bonds is 5. The molecule has 0 saturated carbocycles. The van der Waals surface area contributed by atoms with Gasteiger partial charge >= 0.3 is 23.9 Å². The van der Waals surface area contributed by atoms with E-state index in [1.165, 1.54) is 0 Å². The topological polar surface area (TPSA) is 149 Å². The van der Waals surface area contributed by atoms with E-state index in [-0.39, 0.29) is 11.0 Å². The van der Waals surface area contributed by atoms with Crippen molar-refractivity contribution in [2.75, 3.05) is 0 Å². The zero-order valence-electron chi connectivity index (χ0n) is 20.9. The quantitative estimate of drug-likeness (QED) is 0.344. The maximum Gasteiger partial charge on any atom is 0.336 e. The van der Waals surface area contributed by atoms with Crippen LogP contribution in [0.5, 0.6) is 0 Å².